The minimum atomic E-state index is -4.31. The van der Waals surface area contributed by atoms with Gasteiger partial charge in [-0.25, -0.2) is 0 Å². The van der Waals surface area contributed by atoms with Crippen LogP contribution in [0.25, 0.3) is 0 Å². The van der Waals surface area contributed by atoms with E-state index in [4.69, 9.17) is 0 Å². The minimum absolute atomic E-state index is 0.282. The number of halogens is 3. The summed E-state index contributed by atoms with van der Waals surface area (Å²) in [5, 5.41) is 3.19. The first-order chi connectivity index (χ1) is 9.00. The number of nitrogens with one attached hydrogen (secondary N) is 1. The number of benzene rings is 1. The Labute approximate surface area is 112 Å². The van der Waals surface area contributed by atoms with Gasteiger partial charge in [-0.3, -0.25) is 0 Å². The van der Waals surface area contributed by atoms with Crippen molar-refractivity contribution < 1.29 is 13.2 Å². The average molecular weight is 271 g/mol. The molecule has 1 aromatic rings. The molecule has 4 heteroatoms. The number of allylic oxidation sites excluding steroid dienone is 1. The van der Waals surface area contributed by atoms with Crippen LogP contribution in [-0.4, -0.2) is 6.54 Å². The zero-order valence-corrected chi connectivity index (χ0v) is 11.1. The summed E-state index contributed by atoms with van der Waals surface area (Å²) in [6.45, 7) is 6.32. The molecule has 0 fully saturated rings. The molecule has 0 bridgehead atoms. The van der Waals surface area contributed by atoms with E-state index in [9.17, 15) is 13.2 Å². The molecule has 1 N–H and O–H groups in total. The zero-order chi connectivity index (χ0) is 14.3. The lowest BCUT2D eigenvalue weighted by molar-refractivity contribution is -0.138. The first-order valence-electron chi connectivity index (χ1n) is 6.51. The van der Waals surface area contributed by atoms with Gasteiger partial charge in [0.25, 0.3) is 0 Å². The molecule has 0 aliphatic carbocycles. The molecule has 1 aromatic carbocycles. The maximum Gasteiger partial charge on any atom is 0.416 e. The molecule has 1 rings (SSSR count). The Hall–Kier alpha value is -1.29. The molecule has 0 saturated heterocycles. The van der Waals surface area contributed by atoms with Gasteiger partial charge in [-0.2, -0.15) is 13.2 Å². The van der Waals surface area contributed by atoms with Crippen molar-refractivity contribution in [2.45, 2.75) is 38.4 Å². The molecular weight excluding hydrogens is 251 g/mol. The van der Waals surface area contributed by atoms with Crippen molar-refractivity contribution in [3.05, 3.63) is 48.0 Å². The third-order valence-corrected chi connectivity index (χ3v) is 2.94. The predicted octanol–water partition coefficient (Wildman–Crippen LogP) is 4.71. The summed E-state index contributed by atoms with van der Waals surface area (Å²) in [4.78, 5) is 0. The first kappa shape index (κ1) is 15.8. The lowest BCUT2D eigenvalue weighted by Crippen LogP contribution is -2.25. The van der Waals surface area contributed by atoms with Crippen molar-refractivity contribution in [1.82, 2.24) is 5.32 Å². The topological polar surface area (TPSA) is 12.0 Å². The Balaban J connectivity index is 3.03. The smallest absolute Gasteiger partial charge is 0.310 e. The van der Waals surface area contributed by atoms with E-state index in [0.29, 0.717) is 24.9 Å². The highest BCUT2D eigenvalue weighted by Crippen LogP contribution is 2.35. The summed E-state index contributed by atoms with van der Waals surface area (Å²) >= 11 is 0. The Morgan fingerprint density at radius 1 is 1.32 bits per heavy atom. The first-order valence-corrected chi connectivity index (χ1v) is 6.51. The minimum Gasteiger partial charge on any atom is -0.310 e. The number of hydrogen-bond acceptors (Lipinski definition) is 1. The second-order valence-corrected chi connectivity index (χ2v) is 4.46. The molecule has 0 radical (unpaired) electrons. The number of hydrogen-bond donors (Lipinski definition) is 1. The van der Waals surface area contributed by atoms with Crippen LogP contribution in [0.3, 0.4) is 0 Å². The van der Waals surface area contributed by atoms with Gasteiger partial charge in [-0.15, -0.1) is 6.58 Å². The zero-order valence-electron chi connectivity index (χ0n) is 11.1. The molecule has 0 aromatic heterocycles. The monoisotopic (exact) mass is 271 g/mol. The second kappa shape index (κ2) is 7.34. The summed E-state index contributed by atoms with van der Waals surface area (Å²) in [5.41, 5.74) is -0.224. The molecule has 1 nitrogen and oxygen atoms in total. The Kier molecular flexibility index (Phi) is 6.09. The third-order valence-electron chi connectivity index (χ3n) is 2.94. The quantitative estimate of drug-likeness (QED) is 0.708. The normalized spacial score (nSPS) is 13.3. The summed E-state index contributed by atoms with van der Waals surface area (Å²) in [5.74, 6) is 0. The third kappa shape index (κ3) is 4.71. The van der Waals surface area contributed by atoms with E-state index in [2.05, 4.69) is 11.9 Å². The second-order valence-electron chi connectivity index (χ2n) is 4.46. The molecule has 0 amide bonds. The molecule has 19 heavy (non-hydrogen) atoms. The van der Waals surface area contributed by atoms with Crippen LogP contribution in [0, 0.1) is 0 Å². The number of rotatable bonds is 7. The fourth-order valence-corrected chi connectivity index (χ4v) is 2.03. The van der Waals surface area contributed by atoms with E-state index in [1.54, 1.807) is 18.2 Å². The average Bonchev–Trinajstić information content (AvgIpc) is 2.38. The van der Waals surface area contributed by atoms with Crippen molar-refractivity contribution in [2.75, 3.05) is 6.54 Å². The lowest BCUT2D eigenvalue weighted by atomic mass is 9.96. The Bertz CT molecular complexity index is 399. The van der Waals surface area contributed by atoms with E-state index in [1.165, 1.54) is 6.07 Å². The van der Waals surface area contributed by atoms with Crippen molar-refractivity contribution in [3.8, 4) is 0 Å². The summed E-state index contributed by atoms with van der Waals surface area (Å²) in [7, 11) is 0. The molecule has 0 aliphatic heterocycles. The van der Waals surface area contributed by atoms with Crippen LogP contribution in [0.1, 0.15) is 43.4 Å². The fraction of sp³-hybridized carbons (Fsp3) is 0.467. The van der Waals surface area contributed by atoms with Crippen molar-refractivity contribution in [2.24, 2.45) is 0 Å². The van der Waals surface area contributed by atoms with Crippen LogP contribution in [-0.2, 0) is 6.18 Å². The maximum atomic E-state index is 13.0. The molecule has 0 spiro atoms. The van der Waals surface area contributed by atoms with E-state index in [0.717, 1.165) is 12.5 Å². The highest BCUT2D eigenvalue weighted by Gasteiger charge is 2.34. The molecule has 1 atom stereocenters. The summed E-state index contributed by atoms with van der Waals surface area (Å²) in [6.07, 6.45) is -0.378. The van der Waals surface area contributed by atoms with E-state index in [-0.39, 0.29) is 6.04 Å². The lowest BCUT2D eigenvalue weighted by Gasteiger charge is -2.22. The van der Waals surface area contributed by atoms with E-state index >= 15 is 0 Å². The summed E-state index contributed by atoms with van der Waals surface area (Å²) < 4.78 is 39.0. The van der Waals surface area contributed by atoms with Gasteiger partial charge in [-0.1, -0.05) is 31.2 Å². The van der Waals surface area contributed by atoms with Gasteiger partial charge in [0.2, 0.25) is 0 Å². The van der Waals surface area contributed by atoms with Crippen LogP contribution in [0.5, 0.6) is 0 Å². The van der Waals surface area contributed by atoms with Crippen molar-refractivity contribution in [1.29, 1.82) is 0 Å². The van der Waals surface area contributed by atoms with Crippen LogP contribution < -0.4 is 5.32 Å². The van der Waals surface area contributed by atoms with Crippen LogP contribution in [0.15, 0.2) is 36.9 Å². The van der Waals surface area contributed by atoms with Crippen molar-refractivity contribution >= 4 is 0 Å². The molecule has 0 heterocycles. The molecule has 106 valence electrons. The number of alkyl halides is 3. The van der Waals surface area contributed by atoms with Gasteiger partial charge in [-0.05, 0) is 37.4 Å². The van der Waals surface area contributed by atoms with E-state index < -0.39 is 11.7 Å². The Morgan fingerprint density at radius 3 is 2.58 bits per heavy atom. The van der Waals surface area contributed by atoms with Gasteiger partial charge in [0.15, 0.2) is 0 Å². The van der Waals surface area contributed by atoms with Crippen LogP contribution >= 0.6 is 0 Å². The van der Waals surface area contributed by atoms with Gasteiger partial charge in [0, 0.05) is 6.04 Å². The van der Waals surface area contributed by atoms with Gasteiger partial charge in [0.1, 0.15) is 0 Å². The highest BCUT2D eigenvalue weighted by atomic mass is 19.4. The van der Waals surface area contributed by atoms with Gasteiger partial charge >= 0.3 is 6.18 Å². The standard InChI is InChI=1S/C15H20F3N/c1-3-5-10-14(19-11-4-2)12-8-6-7-9-13(12)15(16,17)18/h3,6-9,14,19H,1,4-5,10-11H2,2H3. The maximum absolute atomic E-state index is 13.0. The van der Waals surface area contributed by atoms with Gasteiger partial charge in [0.05, 0.1) is 5.56 Å². The molecule has 0 aliphatic rings. The SMILES string of the molecule is C=CCCC(NCCC)c1ccccc1C(F)(F)F. The molecule has 0 saturated carbocycles. The molecule has 1 unspecified atom stereocenters. The fourth-order valence-electron chi connectivity index (χ4n) is 2.03. The van der Waals surface area contributed by atoms with Crippen LogP contribution in [0.4, 0.5) is 13.2 Å². The highest BCUT2D eigenvalue weighted by molar-refractivity contribution is 5.32. The predicted molar refractivity (Wildman–Crippen MR) is 71.9 cm³/mol. The summed E-state index contributed by atoms with van der Waals surface area (Å²) in [6, 6.07) is 5.50. The Morgan fingerprint density at radius 2 is 2.00 bits per heavy atom. The van der Waals surface area contributed by atoms with Crippen LogP contribution in [0.2, 0.25) is 0 Å². The van der Waals surface area contributed by atoms with Gasteiger partial charge < -0.3 is 5.32 Å². The largest absolute Gasteiger partial charge is 0.416 e. The molecular formula is C15H20F3N. The van der Waals surface area contributed by atoms with E-state index in [1.807, 2.05) is 6.92 Å². The van der Waals surface area contributed by atoms with Crippen molar-refractivity contribution in [3.63, 3.8) is 0 Å².